The molecular formula is C12H22N2O3. The SMILES string of the molecule is CC1CCN(C(=O)C2CN(C)CCO2)CC1O. The number of aliphatic hydroxyl groups excluding tert-OH is 1. The fourth-order valence-corrected chi connectivity index (χ4v) is 2.38. The first-order valence-electron chi connectivity index (χ1n) is 6.35. The van der Waals surface area contributed by atoms with Gasteiger partial charge in [0.25, 0.3) is 5.91 Å². The average molecular weight is 242 g/mol. The summed E-state index contributed by atoms with van der Waals surface area (Å²) in [5.41, 5.74) is 0. The van der Waals surface area contributed by atoms with E-state index >= 15 is 0 Å². The fraction of sp³-hybridized carbons (Fsp3) is 0.917. The van der Waals surface area contributed by atoms with E-state index in [1.807, 2.05) is 14.0 Å². The summed E-state index contributed by atoms with van der Waals surface area (Å²) < 4.78 is 5.51. The topological polar surface area (TPSA) is 53.0 Å². The Balaban J connectivity index is 1.91. The zero-order chi connectivity index (χ0) is 12.4. The van der Waals surface area contributed by atoms with E-state index in [9.17, 15) is 9.90 Å². The molecule has 0 bridgehead atoms. The number of β-amino-alcohol motifs (C(OH)–C–C–N with tert-alkyl or cyclic N) is 1. The van der Waals surface area contributed by atoms with Crippen molar-refractivity contribution in [3.8, 4) is 0 Å². The van der Waals surface area contributed by atoms with Crippen LogP contribution in [0.1, 0.15) is 13.3 Å². The third-order valence-electron chi connectivity index (χ3n) is 3.78. The molecule has 3 atom stereocenters. The molecule has 2 aliphatic rings. The molecule has 2 heterocycles. The van der Waals surface area contributed by atoms with Crippen LogP contribution in [0.4, 0.5) is 0 Å². The number of nitrogens with zero attached hydrogens (tertiary/aromatic N) is 2. The van der Waals surface area contributed by atoms with E-state index in [2.05, 4.69) is 4.90 Å². The Morgan fingerprint density at radius 2 is 2.12 bits per heavy atom. The molecule has 0 aromatic carbocycles. The van der Waals surface area contributed by atoms with Crippen LogP contribution in [0.25, 0.3) is 0 Å². The molecule has 0 saturated carbocycles. The standard InChI is InChI=1S/C12H22N2O3/c1-9-3-4-14(7-10(9)15)12(16)11-8-13(2)5-6-17-11/h9-11,15H,3-8H2,1-2H3. The molecule has 5 heteroatoms. The molecular weight excluding hydrogens is 220 g/mol. The van der Waals surface area contributed by atoms with Crippen LogP contribution in [-0.2, 0) is 9.53 Å². The molecule has 3 unspecified atom stereocenters. The molecule has 0 aromatic rings. The van der Waals surface area contributed by atoms with E-state index in [4.69, 9.17) is 4.74 Å². The largest absolute Gasteiger partial charge is 0.391 e. The minimum atomic E-state index is -0.394. The monoisotopic (exact) mass is 242 g/mol. The van der Waals surface area contributed by atoms with E-state index in [-0.39, 0.29) is 17.9 Å². The van der Waals surface area contributed by atoms with Crippen LogP contribution in [0.5, 0.6) is 0 Å². The first-order chi connectivity index (χ1) is 8.08. The van der Waals surface area contributed by atoms with Gasteiger partial charge in [0.15, 0.2) is 0 Å². The van der Waals surface area contributed by atoms with E-state index in [0.29, 0.717) is 19.7 Å². The van der Waals surface area contributed by atoms with Crippen molar-refractivity contribution in [1.29, 1.82) is 0 Å². The maximum Gasteiger partial charge on any atom is 0.253 e. The van der Waals surface area contributed by atoms with Gasteiger partial charge in [-0.2, -0.15) is 0 Å². The van der Waals surface area contributed by atoms with Crippen molar-refractivity contribution in [2.45, 2.75) is 25.6 Å². The van der Waals surface area contributed by atoms with Crippen molar-refractivity contribution in [2.24, 2.45) is 5.92 Å². The van der Waals surface area contributed by atoms with Crippen molar-refractivity contribution >= 4 is 5.91 Å². The van der Waals surface area contributed by atoms with Crippen molar-refractivity contribution in [3.05, 3.63) is 0 Å². The third kappa shape index (κ3) is 2.97. The van der Waals surface area contributed by atoms with Crippen LogP contribution < -0.4 is 0 Å². The highest BCUT2D eigenvalue weighted by molar-refractivity contribution is 5.81. The second-order valence-corrected chi connectivity index (χ2v) is 5.24. The smallest absolute Gasteiger partial charge is 0.253 e. The van der Waals surface area contributed by atoms with Gasteiger partial charge in [0, 0.05) is 26.2 Å². The maximum absolute atomic E-state index is 12.2. The van der Waals surface area contributed by atoms with E-state index in [0.717, 1.165) is 19.5 Å². The van der Waals surface area contributed by atoms with Crippen LogP contribution in [0.3, 0.4) is 0 Å². The highest BCUT2D eigenvalue weighted by atomic mass is 16.5. The Kier molecular flexibility index (Phi) is 4.01. The Bertz CT molecular complexity index is 285. The van der Waals surface area contributed by atoms with E-state index in [1.165, 1.54) is 0 Å². The molecule has 0 radical (unpaired) electrons. The summed E-state index contributed by atoms with van der Waals surface area (Å²) in [7, 11) is 2.00. The van der Waals surface area contributed by atoms with E-state index < -0.39 is 6.10 Å². The molecule has 98 valence electrons. The summed E-state index contributed by atoms with van der Waals surface area (Å²) in [5, 5.41) is 9.80. The van der Waals surface area contributed by atoms with Crippen molar-refractivity contribution < 1.29 is 14.6 Å². The number of carbonyl (C=O) groups is 1. The van der Waals surface area contributed by atoms with Gasteiger partial charge in [0.1, 0.15) is 6.10 Å². The third-order valence-corrected chi connectivity index (χ3v) is 3.78. The predicted octanol–water partition coefficient (Wildman–Crippen LogP) is -0.454. The van der Waals surface area contributed by atoms with Crippen molar-refractivity contribution in [3.63, 3.8) is 0 Å². The zero-order valence-corrected chi connectivity index (χ0v) is 10.6. The van der Waals surface area contributed by atoms with Gasteiger partial charge in [0.05, 0.1) is 12.7 Å². The normalized spacial score (nSPS) is 35.9. The number of likely N-dealkylation sites (tertiary alicyclic amines) is 1. The summed E-state index contributed by atoms with van der Waals surface area (Å²) in [5.74, 6) is 0.316. The van der Waals surface area contributed by atoms with Crippen molar-refractivity contribution in [2.75, 3.05) is 39.8 Å². The van der Waals surface area contributed by atoms with Gasteiger partial charge in [-0.1, -0.05) is 6.92 Å². The molecule has 0 aliphatic carbocycles. The van der Waals surface area contributed by atoms with Gasteiger partial charge >= 0.3 is 0 Å². The molecule has 2 rings (SSSR count). The molecule has 0 spiro atoms. The number of hydrogen-bond donors (Lipinski definition) is 1. The number of hydrogen-bond acceptors (Lipinski definition) is 4. The number of ether oxygens (including phenoxy) is 1. The van der Waals surface area contributed by atoms with Crippen LogP contribution in [0.2, 0.25) is 0 Å². The molecule has 1 N–H and O–H groups in total. The molecule has 0 aromatic heterocycles. The van der Waals surface area contributed by atoms with Crippen LogP contribution in [-0.4, -0.2) is 72.9 Å². The summed E-state index contributed by atoms with van der Waals surface area (Å²) in [6.45, 7) is 5.35. The minimum Gasteiger partial charge on any atom is -0.391 e. The van der Waals surface area contributed by atoms with Crippen LogP contribution >= 0.6 is 0 Å². The maximum atomic E-state index is 12.2. The van der Waals surface area contributed by atoms with Gasteiger partial charge < -0.3 is 19.6 Å². The lowest BCUT2D eigenvalue weighted by Crippen LogP contribution is -2.54. The lowest BCUT2D eigenvalue weighted by Gasteiger charge is -2.38. The zero-order valence-electron chi connectivity index (χ0n) is 10.6. The number of rotatable bonds is 1. The quantitative estimate of drug-likeness (QED) is 0.676. The summed E-state index contributed by atoms with van der Waals surface area (Å²) >= 11 is 0. The minimum absolute atomic E-state index is 0.0301. The van der Waals surface area contributed by atoms with Gasteiger partial charge in [-0.05, 0) is 19.4 Å². The van der Waals surface area contributed by atoms with E-state index in [1.54, 1.807) is 4.90 Å². The lowest BCUT2D eigenvalue weighted by molar-refractivity contribution is -0.152. The molecule has 2 fully saturated rings. The highest BCUT2D eigenvalue weighted by Crippen LogP contribution is 2.18. The number of amides is 1. The number of carbonyl (C=O) groups excluding carboxylic acids is 1. The van der Waals surface area contributed by atoms with Crippen LogP contribution in [0, 0.1) is 5.92 Å². The Hall–Kier alpha value is -0.650. The van der Waals surface area contributed by atoms with Crippen molar-refractivity contribution in [1.82, 2.24) is 9.80 Å². The highest BCUT2D eigenvalue weighted by Gasteiger charge is 2.33. The Labute approximate surface area is 102 Å². The van der Waals surface area contributed by atoms with Crippen LogP contribution in [0.15, 0.2) is 0 Å². The number of piperidine rings is 1. The second kappa shape index (κ2) is 5.33. The lowest BCUT2D eigenvalue weighted by atomic mass is 9.95. The summed E-state index contributed by atoms with van der Waals surface area (Å²) in [4.78, 5) is 16.1. The molecule has 2 saturated heterocycles. The van der Waals surface area contributed by atoms with Gasteiger partial charge in [-0.15, -0.1) is 0 Å². The van der Waals surface area contributed by atoms with Gasteiger partial charge in [-0.3, -0.25) is 4.79 Å². The van der Waals surface area contributed by atoms with Gasteiger partial charge in [0.2, 0.25) is 0 Å². The number of likely N-dealkylation sites (N-methyl/N-ethyl adjacent to an activating group) is 1. The number of morpholine rings is 1. The summed E-state index contributed by atoms with van der Waals surface area (Å²) in [6, 6.07) is 0. The fourth-order valence-electron chi connectivity index (χ4n) is 2.38. The molecule has 17 heavy (non-hydrogen) atoms. The second-order valence-electron chi connectivity index (χ2n) is 5.24. The number of aliphatic hydroxyl groups is 1. The predicted molar refractivity (Wildman–Crippen MR) is 63.6 cm³/mol. The molecule has 5 nitrogen and oxygen atoms in total. The Morgan fingerprint density at radius 1 is 1.35 bits per heavy atom. The first kappa shape index (κ1) is 12.8. The Morgan fingerprint density at radius 3 is 2.76 bits per heavy atom. The molecule has 2 aliphatic heterocycles. The first-order valence-corrected chi connectivity index (χ1v) is 6.35. The average Bonchev–Trinajstić information content (AvgIpc) is 2.32. The van der Waals surface area contributed by atoms with Gasteiger partial charge in [-0.25, -0.2) is 0 Å². The molecule has 1 amide bonds. The summed E-state index contributed by atoms with van der Waals surface area (Å²) in [6.07, 6.45) is 0.124.